The maximum atomic E-state index is 12.0. The molecule has 0 heterocycles. The van der Waals surface area contributed by atoms with Crippen LogP contribution in [-0.4, -0.2) is 47.3 Å². The minimum atomic E-state index is -1.01. The Morgan fingerprint density at radius 2 is 1.00 bits per heavy atom. The van der Waals surface area contributed by atoms with E-state index in [1.807, 2.05) is 0 Å². The van der Waals surface area contributed by atoms with Gasteiger partial charge in [-0.25, -0.2) is 4.79 Å². The van der Waals surface area contributed by atoms with Crippen LogP contribution in [0.2, 0.25) is 0 Å². The maximum absolute atomic E-state index is 12.0. The number of carboxylic acids is 2. The first-order valence-corrected chi connectivity index (χ1v) is 14.2. The molecule has 216 valence electrons. The zero-order valence-corrected chi connectivity index (χ0v) is 23.0. The average molecular weight is 531 g/mol. The second-order valence-corrected chi connectivity index (χ2v) is 9.80. The molecule has 0 aromatic heterocycles. The minimum Gasteiger partial charge on any atom is -0.481 e. The fraction of sp³-hybridized carbons (Fsp3) is 0.857. The van der Waals surface area contributed by atoms with Gasteiger partial charge in [-0.15, -0.1) is 0 Å². The van der Waals surface area contributed by atoms with Crippen molar-refractivity contribution in [3.8, 4) is 0 Å². The van der Waals surface area contributed by atoms with Crippen molar-refractivity contribution in [3.63, 3.8) is 0 Å². The van der Waals surface area contributed by atoms with Crippen LogP contribution in [0.5, 0.6) is 0 Å². The number of carbonyl (C=O) groups is 4. The van der Waals surface area contributed by atoms with E-state index >= 15 is 0 Å². The molecule has 0 fully saturated rings. The molecule has 0 saturated heterocycles. The van der Waals surface area contributed by atoms with Crippen LogP contribution in [0.4, 0.5) is 0 Å². The van der Waals surface area contributed by atoms with Gasteiger partial charge in [-0.2, -0.15) is 4.89 Å². The Balaban J connectivity index is 3.91. The summed E-state index contributed by atoms with van der Waals surface area (Å²) in [6.07, 6.45) is 14.1. The van der Waals surface area contributed by atoms with Crippen LogP contribution in [0.3, 0.4) is 0 Å². The normalized spacial score (nSPS) is 12.6. The van der Waals surface area contributed by atoms with Gasteiger partial charge >= 0.3 is 23.9 Å². The van der Waals surface area contributed by atoms with E-state index < -0.39 is 35.7 Å². The summed E-state index contributed by atoms with van der Waals surface area (Å²) in [6.45, 7) is 4.50. The second kappa shape index (κ2) is 24.2. The van der Waals surface area contributed by atoms with Gasteiger partial charge in [0.25, 0.3) is 0 Å². The van der Waals surface area contributed by atoms with Crippen LogP contribution in [-0.2, 0) is 33.7 Å². The van der Waals surface area contributed by atoms with Gasteiger partial charge in [-0.1, -0.05) is 90.9 Å². The number of aliphatic carboxylic acids is 2. The van der Waals surface area contributed by atoms with Gasteiger partial charge in [0.1, 0.15) is 0 Å². The molecule has 9 nitrogen and oxygen atoms in total. The van der Waals surface area contributed by atoms with Crippen molar-refractivity contribution in [2.24, 2.45) is 11.8 Å². The zero-order valence-electron chi connectivity index (χ0n) is 23.0. The van der Waals surface area contributed by atoms with Crippen molar-refractivity contribution >= 4 is 23.9 Å². The number of carboxylic acid groups (broad SMARTS) is 2. The molecule has 2 N–H and O–H groups in total. The molecule has 0 aromatic rings. The summed E-state index contributed by atoms with van der Waals surface area (Å²) in [5, 5.41) is 18.7. The highest BCUT2D eigenvalue weighted by Crippen LogP contribution is 2.18. The highest BCUT2D eigenvalue weighted by atomic mass is 17.2. The highest BCUT2D eigenvalue weighted by Gasteiger charge is 2.23. The Bertz CT molecular complexity index is 569. The first kappa shape index (κ1) is 34.8. The first-order chi connectivity index (χ1) is 17.8. The third kappa shape index (κ3) is 21.6. The van der Waals surface area contributed by atoms with Crippen LogP contribution in [0.25, 0.3) is 0 Å². The summed E-state index contributed by atoms with van der Waals surface area (Å²) < 4.78 is 5.13. The van der Waals surface area contributed by atoms with Crippen molar-refractivity contribution in [2.75, 3.05) is 13.2 Å². The quantitative estimate of drug-likeness (QED) is 0.0558. The summed E-state index contributed by atoms with van der Waals surface area (Å²) in [5.74, 6) is -4.73. The third-order valence-electron chi connectivity index (χ3n) is 6.37. The molecular formula is C28H50O9. The number of unbranched alkanes of at least 4 members (excludes halogenated alkanes) is 11. The number of hydrogen-bond donors (Lipinski definition) is 2. The van der Waals surface area contributed by atoms with Gasteiger partial charge in [-0.05, 0) is 25.7 Å². The lowest BCUT2D eigenvalue weighted by atomic mass is 9.97. The summed E-state index contributed by atoms with van der Waals surface area (Å²) in [5.41, 5.74) is 0. The predicted octanol–water partition coefficient (Wildman–Crippen LogP) is 6.47. The molecule has 37 heavy (non-hydrogen) atoms. The van der Waals surface area contributed by atoms with Crippen molar-refractivity contribution in [1.82, 2.24) is 0 Å². The Morgan fingerprint density at radius 3 is 1.49 bits per heavy atom. The number of ether oxygens (including phenoxy) is 1. The lowest BCUT2D eigenvalue weighted by Gasteiger charge is -2.12. The molecule has 0 aliphatic rings. The minimum absolute atomic E-state index is 0.0915. The molecule has 0 amide bonds. The zero-order chi connectivity index (χ0) is 27.7. The average Bonchev–Trinajstić information content (AvgIpc) is 2.85. The van der Waals surface area contributed by atoms with Gasteiger partial charge in [0, 0.05) is 0 Å². The smallest absolute Gasteiger partial charge is 0.343 e. The largest absolute Gasteiger partial charge is 0.481 e. The van der Waals surface area contributed by atoms with Crippen LogP contribution in [0.1, 0.15) is 129 Å². The van der Waals surface area contributed by atoms with Crippen molar-refractivity contribution < 1.29 is 43.9 Å². The molecule has 0 aliphatic heterocycles. The van der Waals surface area contributed by atoms with E-state index in [4.69, 9.17) is 9.62 Å². The van der Waals surface area contributed by atoms with E-state index in [0.717, 1.165) is 64.2 Å². The molecule has 0 saturated carbocycles. The topological polar surface area (TPSA) is 136 Å². The molecule has 0 bridgehead atoms. The van der Waals surface area contributed by atoms with Gasteiger partial charge in [0.2, 0.25) is 0 Å². The molecule has 0 radical (unpaired) electrons. The Hall–Kier alpha value is -2.16. The van der Waals surface area contributed by atoms with E-state index in [1.54, 1.807) is 0 Å². The van der Waals surface area contributed by atoms with Crippen LogP contribution >= 0.6 is 0 Å². The van der Waals surface area contributed by atoms with E-state index in [2.05, 4.69) is 18.7 Å². The third-order valence-corrected chi connectivity index (χ3v) is 6.37. The van der Waals surface area contributed by atoms with Crippen LogP contribution in [0.15, 0.2) is 0 Å². The van der Waals surface area contributed by atoms with Crippen molar-refractivity contribution in [1.29, 1.82) is 0 Å². The SMILES string of the molecule is CCCCCCCCC(CC(=O)OCCCCOOC(=O)CC(CCCCCCCC)C(=O)O)C(=O)O. The summed E-state index contributed by atoms with van der Waals surface area (Å²) in [4.78, 5) is 56.2. The maximum Gasteiger partial charge on any atom is 0.343 e. The molecule has 0 aromatic carbocycles. The lowest BCUT2D eigenvalue weighted by Crippen LogP contribution is -2.20. The fourth-order valence-electron chi connectivity index (χ4n) is 4.02. The number of carbonyl (C=O) groups excluding carboxylic acids is 2. The Morgan fingerprint density at radius 1 is 0.568 bits per heavy atom. The van der Waals surface area contributed by atoms with E-state index in [9.17, 15) is 29.4 Å². The summed E-state index contributed by atoms with van der Waals surface area (Å²) in [7, 11) is 0. The predicted molar refractivity (Wildman–Crippen MR) is 140 cm³/mol. The summed E-state index contributed by atoms with van der Waals surface area (Å²) in [6, 6.07) is 0. The van der Waals surface area contributed by atoms with Crippen LogP contribution < -0.4 is 0 Å². The number of hydrogen-bond acceptors (Lipinski definition) is 7. The molecule has 0 aliphatic carbocycles. The lowest BCUT2D eigenvalue weighted by molar-refractivity contribution is -0.273. The van der Waals surface area contributed by atoms with Crippen LogP contribution in [0, 0.1) is 11.8 Å². The summed E-state index contributed by atoms with van der Waals surface area (Å²) >= 11 is 0. The molecule has 9 heteroatoms. The monoisotopic (exact) mass is 530 g/mol. The molecule has 2 atom stereocenters. The van der Waals surface area contributed by atoms with E-state index in [-0.39, 0.29) is 26.1 Å². The van der Waals surface area contributed by atoms with Crippen molar-refractivity contribution in [3.05, 3.63) is 0 Å². The fourth-order valence-corrected chi connectivity index (χ4v) is 4.02. The Kier molecular flexibility index (Phi) is 22.8. The molecular weight excluding hydrogens is 480 g/mol. The molecule has 2 unspecified atom stereocenters. The van der Waals surface area contributed by atoms with Gasteiger partial charge in [0.15, 0.2) is 0 Å². The van der Waals surface area contributed by atoms with E-state index in [1.165, 1.54) is 12.8 Å². The first-order valence-electron chi connectivity index (χ1n) is 14.2. The number of rotatable bonds is 26. The van der Waals surface area contributed by atoms with Gasteiger partial charge in [-0.3, -0.25) is 19.3 Å². The molecule has 0 rings (SSSR count). The van der Waals surface area contributed by atoms with E-state index in [0.29, 0.717) is 25.7 Å². The Labute approximate surface area is 222 Å². The van der Waals surface area contributed by atoms with Gasteiger partial charge < -0.3 is 14.9 Å². The second-order valence-electron chi connectivity index (χ2n) is 9.80. The van der Waals surface area contributed by atoms with Crippen molar-refractivity contribution in [2.45, 2.75) is 129 Å². The number of esters is 1. The highest BCUT2D eigenvalue weighted by molar-refractivity contribution is 5.79. The standard InChI is InChI=1S/C28H50O9/c1-3-5-7-9-11-13-17-23(27(31)32)21-25(29)35-19-15-16-20-36-37-26(30)22-24(28(33)34)18-14-12-10-8-6-4-2/h23-24H,3-22H2,1-2H3,(H,31,32)(H,33,34). The molecule has 0 spiro atoms. The van der Waals surface area contributed by atoms with Gasteiger partial charge in [0.05, 0.1) is 37.9 Å².